The summed E-state index contributed by atoms with van der Waals surface area (Å²) in [5, 5.41) is 4.88. The van der Waals surface area contributed by atoms with E-state index in [4.69, 9.17) is 16.3 Å². The number of methoxy groups -OCH3 is 1. The fourth-order valence-corrected chi connectivity index (χ4v) is 3.63. The van der Waals surface area contributed by atoms with Crippen molar-refractivity contribution in [1.82, 2.24) is 14.6 Å². The first kappa shape index (κ1) is 17.5. The molecule has 2 heterocycles. The summed E-state index contributed by atoms with van der Waals surface area (Å²) >= 11 is 7.45. The molecule has 4 rings (SSSR count). The lowest BCUT2D eigenvalue weighted by Crippen LogP contribution is -2.23. The van der Waals surface area contributed by atoms with Crippen molar-refractivity contribution in [3.63, 3.8) is 0 Å². The largest absolute Gasteiger partial charge is 0.497 e. The van der Waals surface area contributed by atoms with Crippen molar-refractivity contribution >= 4 is 46.1 Å². The highest BCUT2D eigenvalue weighted by Gasteiger charge is 2.09. The molecule has 0 aliphatic heterocycles. The Morgan fingerprint density at radius 3 is 2.59 bits per heavy atom. The van der Waals surface area contributed by atoms with E-state index in [1.54, 1.807) is 25.3 Å². The Bertz CT molecular complexity index is 1240. The molecule has 0 spiro atoms. The Morgan fingerprint density at radius 2 is 1.89 bits per heavy atom. The summed E-state index contributed by atoms with van der Waals surface area (Å²) in [7, 11) is 1.63. The predicted molar refractivity (Wildman–Crippen MR) is 109 cm³/mol. The maximum absolute atomic E-state index is 12.6. The molecule has 0 amide bonds. The van der Waals surface area contributed by atoms with Gasteiger partial charge in [0.25, 0.3) is 5.56 Å². The zero-order chi connectivity index (χ0) is 18.8. The van der Waals surface area contributed by atoms with Gasteiger partial charge in [-0.15, -0.1) is 5.10 Å². The highest BCUT2D eigenvalue weighted by atomic mass is 35.5. The van der Waals surface area contributed by atoms with Crippen molar-refractivity contribution in [2.75, 3.05) is 7.11 Å². The molecule has 2 aromatic carbocycles. The molecular formula is C20H14ClN3O2S. The molecule has 5 nitrogen and oxygen atoms in total. The summed E-state index contributed by atoms with van der Waals surface area (Å²) in [6, 6.07) is 15.0. The third-order valence-corrected chi connectivity index (χ3v) is 5.23. The van der Waals surface area contributed by atoms with Crippen LogP contribution < -0.4 is 14.8 Å². The van der Waals surface area contributed by atoms with Gasteiger partial charge in [0, 0.05) is 5.02 Å². The van der Waals surface area contributed by atoms with Gasteiger partial charge in [-0.2, -0.15) is 9.50 Å². The number of benzene rings is 2. The SMILES string of the molecule is COc1ccc(/C=C/c2nc3s/c(=C/c4ccccc4Cl)c(=O)n3n2)cc1. The average Bonchev–Trinajstić information content (AvgIpc) is 3.21. The summed E-state index contributed by atoms with van der Waals surface area (Å²) in [4.78, 5) is 17.5. The Morgan fingerprint density at radius 1 is 1.11 bits per heavy atom. The van der Waals surface area contributed by atoms with Crippen LogP contribution in [-0.4, -0.2) is 21.7 Å². The monoisotopic (exact) mass is 395 g/mol. The van der Waals surface area contributed by atoms with Crippen LogP contribution in [0.2, 0.25) is 5.02 Å². The van der Waals surface area contributed by atoms with Crippen molar-refractivity contribution in [2.24, 2.45) is 0 Å². The van der Waals surface area contributed by atoms with Crippen molar-refractivity contribution in [2.45, 2.75) is 0 Å². The number of rotatable bonds is 4. The molecule has 0 aliphatic rings. The maximum atomic E-state index is 12.6. The van der Waals surface area contributed by atoms with E-state index in [1.807, 2.05) is 48.5 Å². The number of fused-ring (bicyclic) bond motifs is 1. The number of hydrogen-bond acceptors (Lipinski definition) is 5. The van der Waals surface area contributed by atoms with Crippen LogP contribution in [0, 0.1) is 0 Å². The Balaban J connectivity index is 1.65. The summed E-state index contributed by atoms with van der Waals surface area (Å²) in [5.41, 5.74) is 1.58. The highest BCUT2D eigenvalue weighted by molar-refractivity contribution is 7.15. The molecule has 0 aliphatic carbocycles. The molecular weight excluding hydrogens is 382 g/mol. The summed E-state index contributed by atoms with van der Waals surface area (Å²) < 4.78 is 7.00. The molecule has 0 bridgehead atoms. The zero-order valence-corrected chi connectivity index (χ0v) is 15.9. The Hall–Kier alpha value is -2.96. The standard InChI is InChI=1S/C20H14ClN3O2S/c1-26-15-9-6-13(7-10-15)8-11-18-22-20-24(23-18)19(25)17(27-20)12-14-4-2-3-5-16(14)21/h2-12H,1H3/b11-8+,17-12+. The van der Waals surface area contributed by atoms with Crippen LogP contribution in [-0.2, 0) is 0 Å². The normalized spacial score (nSPS) is 12.3. The molecule has 134 valence electrons. The van der Waals surface area contributed by atoms with Gasteiger partial charge < -0.3 is 4.74 Å². The maximum Gasteiger partial charge on any atom is 0.291 e. The van der Waals surface area contributed by atoms with Gasteiger partial charge in [-0.05, 0) is 41.5 Å². The van der Waals surface area contributed by atoms with E-state index in [1.165, 1.54) is 15.9 Å². The van der Waals surface area contributed by atoms with Crippen molar-refractivity contribution < 1.29 is 4.74 Å². The molecule has 4 aromatic rings. The number of hydrogen-bond donors (Lipinski definition) is 0. The summed E-state index contributed by atoms with van der Waals surface area (Å²) in [6.45, 7) is 0. The number of halogens is 1. The van der Waals surface area contributed by atoms with Crippen LogP contribution in [0.1, 0.15) is 17.0 Å². The van der Waals surface area contributed by atoms with Crippen LogP contribution in [0.5, 0.6) is 5.75 Å². The van der Waals surface area contributed by atoms with Gasteiger partial charge in [-0.3, -0.25) is 4.79 Å². The molecule has 7 heteroatoms. The van der Waals surface area contributed by atoms with Crippen LogP contribution >= 0.6 is 22.9 Å². The van der Waals surface area contributed by atoms with Crippen LogP contribution in [0.3, 0.4) is 0 Å². The molecule has 0 N–H and O–H groups in total. The first-order chi connectivity index (χ1) is 13.1. The summed E-state index contributed by atoms with van der Waals surface area (Å²) in [5.74, 6) is 1.28. The topological polar surface area (TPSA) is 56.5 Å². The van der Waals surface area contributed by atoms with Gasteiger partial charge in [-0.25, -0.2) is 0 Å². The van der Waals surface area contributed by atoms with E-state index >= 15 is 0 Å². The van der Waals surface area contributed by atoms with Gasteiger partial charge in [0.15, 0.2) is 5.82 Å². The van der Waals surface area contributed by atoms with Gasteiger partial charge in [0.05, 0.1) is 11.6 Å². The van der Waals surface area contributed by atoms with E-state index in [2.05, 4.69) is 10.1 Å². The minimum atomic E-state index is -0.202. The van der Waals surface area contributed by atoms with Crippen molar-refractivity contribution in [3.8, 4) is 5.75 Å². The van der Waals surface area contributed by atoms with E-state index in [0.29, 0.717) is 20.3 Å². The fourth-order valence-electron chi connectivity index (χ4n) is 2.54. The molecule has 0 fully saturated rings. The molecule has 0 saturated heterocycles. The fraction of sp³-hybridized carbons (Fsp3) is 0.0500. The number of ether oxygens (including phenoxy) is 1. The van der Waals surface area contributed by atoms with E-state index in [9.17, 15) is 4.79 Å². The lowest BCUT2D eigenvalue weighted by Gasteiger charge is -1.98. The third-order valence-electron chi connectivity index (χ3n) is 3.93. The minimum absolute atomic E-state index is 0.202. The molecule has 0 saturated carbocycles. The number of thiazole rings is 1. The highest BCUT2D eigenvalue weighted by Crippen LogP contribution is 2.16. The average molecular weight is 396 g/mol. The minimum Gasteiger partial charge on any atom is -0.497 e. The first-order valence-electron chi connectivity index (χ1n) is 8.12. The smallest absolute Gasteiger partial charge is 0.291 e. The lowest BCUT2D eigenvalue weighted by molar-refractivity contribution is 0.415. The zero-order valence-electron chi connectivity index (χ0n) is 14.3. The molecule has 0 atom stereocenters. The van der Waals surface area contributed by atoms with E-state index in [-0.39, 0.29) is 5.56 Å². The van der Waals surface area contributed by atoms with Gasteiger partial charge >= 0.3 is 0 Å². The first-order valence-corrected chi connectivity index (χ1v) is 9.31. The van der Waals surface area contributed by atoms with Crippen molar-refractivity contribution in [1.29, 1.82) is 0 Å². The van der Waals surface area contributed by atoms with Gasteiger partial charge in [0.2, 0.25) is 4.96 Å². The molecule has 2 aromatic heterocycles. The Kier molecular flexibility index (Phi) is 4.75. The van der Waals surface area contributed by atoms with Crippen molar-refractivity contribution in [3.05, 3.63) is 85.4 Å². The molecule has 0 unspecified atom stereocenters. The number of nitrogens with zero attached hydrogens (tertiary/aromatic N) is 3. The molecule has 27 heavy (non-hydrogen) atoms. The predicted octanol–water partition coefficient (Wildman–Crippen LogP) is 3.53. The second-order valence-corrected chi connectivity index (χ2v) is 7.12. The summed E-state index contributed by atoms with van der Waals surface area (Å²) in [6.07, 6.45) is 5.43. The van der Waals surface area contributed by atoms with E-state index < -0.39 is 0 Å². The van der Waals surface area contributed by atoms with Gasteiger partial charge in [0.1, 0.15) is 5.75 Å². The number of aromatic nitrogens is 3. The second kappa shape index (κ2) is 7.34. The van der Waals surface area contributed by atoms with Crippen LogP contribution in [0.4, 0.5) is 0 Å². The lowest BCUT2D eigenvalue weighted by atomic mass is 10.2. The molecule has 0 radical (unpaired) electrons. The van der Waals surface area contributed by atoms with Crippen LogP contribution in [0.15, 0.2) is 53.3 Å². The van der Waals surface area contributed by atoms with Crippen LogP contribution in [0.25, 0.3) is 23.2 Å². The quantitative estimate of drug-likeness (QED) is 0.530. The third kappa shape index (κ3) is 3.63. The second-order valence-electron chi connectivity index (χ2n) is 5.71. The van der Waals surface area contributed by atoms with Gasteiger partial charge in [-0.1, -0.05) is 59.3 Å². The Labute approximate surface area is 163 Å². The van der Waals surface area contributed by atoms with E-state index in [0.717, 1.165) is 16.9 Å².